The molecule has 1 aromatic heterocycles. The number of likely N-dealkylation sites (tertiary alicyclic amines) is 1. The number of methoxy groups -OCH3 is 1. The van der Waals surface area contributed by atoms with Crippen molar-refractivity contribution in [2.75, 3.05) is 26.7 Å². The number of nitrogens with one attached hydrogen (secondary N) is 1. The Kier molecular flexibility index (Phi) is 6.62. The summed E-state index contributed by atoms with van der Waals surface area (Å²) in [4.78, 5) is 31.3. The maximum absolute atomic E-state index is 12.5. The maximum atomic E-state index is 12.5. The highest BCUT2D eigenvalue weighted by Crippen LogP contribution is 2.19. The molecule has 0 radical (unpaired) electrons. The van der Waals surface area contributed by atoms with Gasteiger partial charge in [0.05, 0.1) is 24.3 Å². The fraction of sp³-hybridized carbons (Fsp3) is 0.375. The van der Waals surface area contributed by atoms with E-state index in [0.29, 0.717) is 23.5 Å². The van der Waals surface area contributed by atoms with E-state index < -0.39 is 0 Å². The van der Waals surface area contributed by atoms with Crippen LogP contribution in [0.15, 0.2) is 59.5 Å². The molecular formula is C24H28N4O3. The van der Waals surface area contributed by atoms with Crippen LogP contribution in [0.2, 0.25) is 0 Å². The Morgan fingerprint density at radius 3 is 2.61 bits per heavy atom. The van der Waals surface area contributed by atoms with Gasteiger partial charge in [-0.3, -0.25) is 19.1 Å². The SMILES string of the molecule is COc1ccc(CN2CCC(CNC(=O)Cn3c(=O)cnc4ccccc43)CC2)cc1. The van der Waals surface area contributed by atoms with Crippen LogP contribution in [0.1, 0.15) is 18.4 Å². The van der Waals surface area contributed by atoms with Gasteiger partial charge in [-0.15, -0.1) is 0 Å². The lowest BCUT2D eigenvalue weighted by Gasteiger charge is -2.32. The van der Waals surface area contributed by atoms with E-state index in [1.165, 1.54) is 16.3 Å². The van der Waals surface area contributed by atoms with Crippen molar-refractivity contribution in [2.45, 2.75) is 25.9 Å². The van der Waals surface area contributed by atoms with Gasteiger partial charge in [0.1, 0.15) is 12.3 Å². The van der Waals surface area contributed by atoms with Crippen molar-refractivity contribution in [3.8, 4) is 5.75 Å². The third kappa shape index (κ3) is 5.30. The van der Waals surface area contributed by atoms with Gasteiger partial charge in [0.15, 0.2) is 0 Å². The molecule has 0 aliphatic carbocycles. The minimum Gasteiger partial charge on any atom is -0.497 e. The van der Waals surface area contributed by atoms with Gasteiger partial charge in [-0.05, 0) is 61.7 Å². The number of piperidine rings is 1. The molecule has 4 rings (SSSR count). The molecule has 1 aliphatic heterocycles. The van der Waals surface area contributed by atoms with Crippen LogP contribution < -0.4 is 15.6 Å². The first kappa shape index (κ1) is 21.1. The molecule has 1 fully saturated rings. The van der Waals surface area contributed by atoms with Crippen molar-refractivity contribution >= 4 is 16.9 Å². The fourth-order valence-electron chi connectivity index (χ4n) is 4.07. The molecule has 1 saturated heterocycles. The van der Waals surface area contributed by atoms with Crippen molar-refractivity contribution in [3.05, 3.63) is 70.6 Å². The van der Waals surface area contributed by atoms with E-state index in [4.69, 9.17) is 4.74 Å². The normalized spacial score (nSPS) is 15.1. The van der Waals surface area contributed by atoms with Crippen LogP contribution in [-0.4, -0.2) is 47.1 Å². The monoisotopic (exact) mass is 420 g/mol. The number of hydrogen-bond donors (Lipinski definition) is 1. The Morgan fingerprint density at radius 1 is 1.13 bits per heavy atom. The van der Waals surface area contributed by atoms with Crippen molar-refractivity contribution < 1.29 is 9.53 Å². The molecule has 0 bridgehead atoms. The number of nitrogens with zero attached hydrogens (tertiary/aromatic N) is 3. The van der Waals surface area contributed by atoms with Gasteiger partial charge in [-0.2, -0.15) is 0 Å². The Balaban J connectivity index is 1.25. The van der Waals surface area contributed by atoms with Gasteiger partial charge in [-0.25, -0.2) is 4.98 Å². The molecule has 0 atom stereocenters. The first-order chi connectivity index (χ1) is 15.1. The van der Waals surface area contributed by atoms with E-state index in [-0.39, 0.29) is 18.0 Å². The second-order valence-electron chi connectivity index (χ2n) is 8.04. The summed E-state index contributed by atoms with van der Waals surface area (Å²) in [5, 5.41) is 3.02. The number of fused-ring (bicyclic) bond motifs is 1. The van der Waals surface area contributed by atoms with Crippen molar-refractivity contribution in [2.24, 2.45) is 5.92 Å². The second kappa shape index (κ2) is 9.75. The first-order valence-electron chi connectivity index (χ1n) is 10.7. The van der Waals surface area contributed by atoms with Crippen molar-refractivity contribution in [1.29, 1.82) is 0 Å². The maximum Gasteiger partial charge on any atom is 0.269 e. The number of aromatic nitrogens is 2. The van der Waals surface area contributed by atoms with Gasteiger partial charge >= 0.3 is 0 Å². The minimum absolute atomic E-state index is 0.0121. The highest BCUT2D eigenvalue weighted by molar-refractivity contribution is 5.79. The van der Waals surface area contributed by atoms with E-state index in [1.54, 1.807) is 7.11 Å². The number of para-hydroxylation sites is 2. The topological polar surface area (TPSA) is 76.5 Å². The molecule has 7 heteroatoms. The Morgan fingerprint density at radius 2 is 1.87 bits per heavy atom. The molecule has 1 amide bonds. The molecule has 31 heavy (non-hydrogen) atoms. The van der Waals surface area contributed by atoms with Gasteiger partial charge in [0, 0.05) is 13.1 Å². The molecule has 162 valence electrons. The third-order valence-corrected chi connectivity index (χ3v) is 5.91. The molecular weight excluding hydrogens is 392 g/mol. The van der Waals surface area contributed by atoms with Gasteiger partial charge in [-0.1, -0.05) is 24.3 Å². The number of hydrogen-bond acceptors (Lipinski definition) is 5. The first-order valence-corrected chi connectivity index (χ1v) is 10.7. The summed E-state index contributed by atoms with van der Waals surface area (Å²) in [5.41, 5.74) is 2.40. The van der Waals surface area contributed by atoms with Crippen LogP contribution in [0.25, 0.3) is 11.0 Å². The molecule has 1 N–H and O–H groups in total. The number of benzene rings is 2. The molecule has 0 saturated carbocycles. The molecule has 0 spiro atoms. The van der Waals surface area contributed by atoms with Crippen LogP contribution in [-0.2, 0) is 17.9 Å². The summed E-state index contributed by atoms with van der Waals surface area (Å²) in [7, 11) is 1.68. The van der Waals surface area contributed by atoms with Crippen molar-refractivity contribution in [3.63, 3.8) is 0 Å². The number of carbonyl (C=O) groups excluding carboxylic acids is 1. The summed E-state index contributed by atoms with van der Waals surface area (Å²) in [6.07, 6.45) is 3.37. The van der Waals surface area contributed by atoms with Crippen LogP contribution in [0, 0.1) is 5.92 Å². The molecule has 2 heterocycles. The summed E-state index contributed by atoms with van der Waals surface area (Å²) >= 11 is 0. The zero-order chi connectivity index (χ0) is 21.6. The van der Waals surface area contributed by atoms with Crippen molar-refractivity contribution in [1.82, 2.24) is 19.8 Å². The Labute approximate surface area is 181 Å². The van der Waals surface area contributed by atoms with E-state index in [2.05, 4.69) is 27.3 Å². The quantitative estimate of drug-likeness (QED) is 0.635. The van der Waals surface area contributed by atoms with Crippen LogP contribution in [0.5, 0.6) is 5.75 Å². The largest absolute Gasteiger partial charge is 0.497 e. The third-order valence-electron chi connectivity index (χ3n) is 5.91. The average molecular weight is 421 g/mol. The highest BCUT2D eigenvalue weighted by atomic mass is 16.5. The van der Waals surface area contributed by atoms with E-state index >= 15 is 0 Å². The lowest BCUT2D eigenvalue weighted by Crippen LogP contribution is -2.40. The zero-order valence-corrected chi connectivity index (χ0v) is 17.8. The summed E-state index contributed by atoms with van der Waals surface area (Å²) < 4.78 is 6.70. The number of ether oxygens (including phenoxy) is 1. The highest BCUT2D eigenvalue weighted by Gasteiger charge is 2.20. The predicted octanol–water partition coefficient (Wildman–Crippen LogP) is 2.43. The predicted molar refractivity (Wildman–Crippen MR) is 120 cm³/mol. The molecule has 2 aromatic carbocycles. The lowest BCUT2D eigenvalue weighted by molar-refractivity contribution is -0.121. The van der Waals surface area contributed by atoms with E-state index in [0.717, 1.165) is 38.2 Å². The molecule has 3 aromatic rings. The minimum atomic E-state index is -0.263. The lowest BCUT2D eigenvalue weighted by atomic mass is 9.96. The smallest absolute Gasteiger partial charge is 0.269 e. The van der Waals surface area contributed by atoms with Gasteiger partial charge < -0.3 is 10.1 Å². The van der Waals surface area contributed by atoms with Gasteiger partial charge in [0.2, 0.25) is 5.91 Å². The average Bonchev–Trinajstić information content (AvgIpc) is 2.81. The Hall–Kier alpha value is -3.19. The summed E-state index contributed by atoms with van der Waals surface area (Å²) in [5.74, 6) is 1.20. The number of carbonyl (C=O) groups is 1. The second-order valence-corrected chi connectivity index (χ2v) is 8.04. The fourth-order valence-corrected chi connectivity index (χ4v) is 4.07. The summed E-state index contributed by atoms with van der Waals surface area (Å²) in [6, 6.07) is 15.6. The molecule has 7 nitrogen and oxygen atoms in total. The Bertz CT molecular complexity index is 1090. The van der Waals surface area contributed by atoms with Gasteiger partial charge in [0.25, 0.3) is 5.56 Å². The zero-order valence-electron chi connectivity index (χ0n) is 17.8. The molecule has 0 unspecified atom stereocenters. The number of rotatable bonds is 7. The standard InChI is InChI=1S/C24H28N4O3/c1-31-20-8-6-19(7-9-20)16-27-12-10-18(11-13-27)14-26-23(29)17-28-22-5-3-2-4-21(22)25-15-24(28)30/h2-9,15,18H,10-14,16-17H2,1H3,(H,26,29). The van der Waals surface area contributed by atoms with E-state index in [1.807, 2.05) is 36.4 Å². The molecule has 1 aliphatic rings. The number of amides is 1. The van der Waals surface area contributed by atoms with Crippen LogP contribution in [0.3, 0.4) is 0 Å². The summed E-state index contributed by atoms with van der Waals surface area (Å²) in [6.45, 7) is 3.62. The van der Waals surface area contributed by atoms with Crippen LogP contribution in [0.4, 0.5) is 0 Å². The van der Waals surface area contributed by atoms with Crippen LogP contribution >= 0.6 is 0 Å². The van der Waals surface area contributed by atoms with E-state index in [9.17, 15) is 9.59 Å².